The van der Waals surface area contributed by atoms with E-state index in [1.807, 2.05) is 10.3 Å². The highest BCUT2D eigenvalue weighted by Gasteiger charge is 2.27. The third kappa shape index (κ3) is 2.95. The summed E-state index contributed by atoms with van der Waals surface area (Å²) in [6.07, 6.45) is -3.87. The number of halogens is 3. The second kappa shape index (κ2) is 4.44. The minimum Gasteiger partial charge on any atom is -0.370 e. The van der Waals surface area contributed by atoms with E-state index in [0.717, 1.165) is 4.57 Å². The summed E-state index contributed by atoms with van der Waals surface area (Å²) in [5.41, 5.74) is -2.47. The molecule has 0 unspecified atom stereocenters. The van der Waals surface area contributed by atoms with Gasteiger partial charge >= 0.3 is 11.9 Å². The average molecular weight is 250 g/mol. The van der Waals surface area contributed by atoms with Gasteiger partial charge in [0.2, 0.25) is 0 Å². The number of aromatic nitrogens is 2. The van der Waals surface area contributed by atoms with Crippen LogP contribution in [0.4, 0.5) is 18.9 Å². The van der Waals surface area contributed by atoms with Crippen LogP contribution in [0.25, 0.3) is 0 Å². The molecule has 0 amide bonds. The third-order valence-electron chi connectivity index (χ3n) is 1.97. The highest BCUT2D eigenvalue weighted by Crippen LogP contribution is 2.15. The van der Waals surface area contributed by atoms with Crippen molar-refractivity contribution in [2.45, 2.75) is 6.18 Å². The van der Waals surface area contributed by atoms with Gasteiger partial charge in [0.05, 0.1) is 5.69 Å². The summed E-state index contributed by atoms with van der Waals surface area (Å²) in [6.45, 7) is -1.42. The number of H-pyrrole nitrogens is 1. The second-order valence-corrected chi connectivity index (χ2v) is 3.19. The summed E-state index contributed by atoms with van der Waals surface area (Å²) in [7, 11) is 1.23. The van der Waals surface area contributed by atoms with Gasteiger partial charge in [0.25, 0.3) is 5.56 Å². The Labute approximate surface area is 92.6 Å². The summed E-state index contributed by atoms with van der Waals surface area (Å²) in [5.74, 6) is 0. The number of alkyl halides is 3. The first-order valence-corrected chi connectivity index (χ1v) is 4.40. The van der Waals surface area contributed by atoms with Crippen LogP contribution in [0, 0.1) is 5.41 Å². The van der Waals surface area contributed by atoms with E-state index in [-0.39, 0.29) is 5.69 Å². The van der Waals surface area contributed by atoms with E-state index in [1.165, 1.54) is 7.05 Å². The van der Waals surface area contributed by atoms with Gasteiger partial charge in [0.15, 0.2) is 0 Å². The van der Waals surface area contributed by atoms with Crippen molar-refractivity contribution in [3.05, 3.63) is 26.5 Å². The van der Waals surface area contributed by atoms with Crippen molar-refractivity contribution >= 4 is 11.9 Å². The molecule has 1 aromatic rings. The van der Waals surface area contributed by atoms with Crippen LogP contribution in [0.5, 0.6) is 0 Å². The Bertz CT molecular complexity index is 543. The molecule has 0 radical (unpaired) electrons. The number of hydrogen-bond donors (Lipinski definition) is 3. The van der Waals surface area contributed by atoms with Gasteiger partial charge in [-0.3, -0.25) is 14.3 Å². The molecule has 94 valence electrons. The molecule has 6 nitrogen and oxygen atoms in total. The lowest BCUT2D eigenvalue weighted by Gasteiger charge is -2.12. The fourth-order valence-electron chi connectivity index (χ4n) is 1.17. The standard InChI is InChI=1S/C8H9F3N4O2/c1-15-4(2-12)5(6(16)14-7(15)17)13-3-8(9,10)11/h2,12-13H,3H2,1H3,(H,14,16,17). The molecule has 1 aromatic heterocycles. The first-order valence-electron chi connectivity index (χ1n) is 4.40. The lowest BCUT2D eigenvalue weighted by atomic mass is 10.3. The fourth-order valence-corrected chi connectivity index (χ4v) is 1.17. The smallest absolute Gasteiger partial charge is 0.370 e. The van der Waals surface area contributed by atoms with Crippen molar-refractivity contribution in [2.75, 3.05) is 11.9 Å². The van der Waals surface area contributed by atoms with Crippen molar-refractivity contribution < 1.29 is 13.2 Å². The lowest BCUT2D eigenvalue weighted by molar-refractivity contribution is -0.115. The number of anilines is 1. The zero-order valence-electron chi connectivity index (χ0n) is 8.68. The molecular weight excluding hydrogens is 241 g/mol. The van der Waals surface area contributed by atoms with Gasteiger partial charge in [-0.1, -0.05) is 0 Å². The van der Waals surface area contributed by atoms with Gasteiger partial charge in [0.1, 0.15) is 12.2 Å². The Kier molecular flexibility index (Phi) is 3.39. The zero-order chi connectivity index (χ0) is 13.2. The average Bonchev–Trinajstić information content (AvgIpc) is 2.20. The van der Waals surface area contributed by atoms with Gasteiger partial charge < -0.3 is 10.7 Å². The molecule has 0 aromatic carbocycles. The first kappa shape index (κ1) is 13.0. The minimum atomic E-state index is -4.50. The van der Waals surface area contributed by atoms with Crippen molar-refractivity contribution in [1.29, 1.82) is 5.41 Å². The molecule has 17 heavy (non-hydrogen) atoms. The SMILES string of the molecule is Cn1c(C=N)c(NCC(F)(F)F)c(=O)[nH]c1=O. The maximum absolute atomic E-state index is 12.0. The van der Waals surface area contributed by atoms with E-state index in [1.54, 1.807) is 0 Å². The van der Waals surface area contributed by atoms with Crippen molar-refractivity contribution in [1.82, 2.24) is 9.55 Å². The fraction of sp³-hybridized carbons (Fsp3) is 0.375. The monoisotopic (exact) mass is 250 g/mol. The third-order valence-corrected chi connectivity index (χ3v) is 1.97. The molecule has 1 rings (SSSR count). The number of rotatable bonds is 3. The van der Waals surface area contributed by atoms with Crippen LogP contribution >= 0.6 is 0 Å². The zero-order valence-corrected chi connectivity index (χ0v) is 8.68. The normalized spacial score (nSPS) is 11.3. The summed E-state index contributed by atoms with van der Waals surface area (Å²) in [5, 5.41) is 8.86. The van der Waals surface area contributed by atoms with Crippen LogP contribution in [-0.4, -0.2) is 28.5 Å². The highest BCUT2D eigenvalue weighted by molar-refractivity contribution is 5.82. The van der Waals surface area contributed by atoms with E-state index in [4.69, 9.17) is 5.41 Å². The Hall–Kier alpha value is -2.06. The van der Waals surface area contributed by atoms with Crippen molar-refractivity contribution in [3.63, 3.8) is 0 Å². The highest BCUT2D eigenvalue weighted by atomic mass is 19.4. The van der Waals surface area contributed by atoms with Crippen LogP contribution in [0.3, 0.4) is 0 Å². The van der Waals surface area contributed by atoms with Gasteiger partial charge in [-0.25, -0.2) is 4.79 Å². The quantitative estimate of drug-likeness (QED) is 0.662. The summed E-state index contributed by atoms with van der Waals surface area (Å²) >= 11 is 0. The molecule has 0 aliphatic rings. The van der Waals surface area contributed by atoms with Crippen LogP contribution in [0.2, 0.25) is 0 Å². The molecule has 9 heteroatoms. The molecule has 0 atom stereocenters. The van der Waals surface area contributed by atoms with E-state index in [9.17, 15) is 22.8 Å². The molecule has 0 saturated carbocycles. The first-order chi connectivity index (χ1) is 7.76. The van der Waals surface area contributed by atoms with Gasteiger partial charge in [-0.2, -0.15) is 13.2 Å². The van der Waals surface area contributed by atoms with Gasteiger partial charge in [-0.15, -0.1) is 0 Å². The molecule has 0 spiro atoms. The van der Waals surface area contributed by atoms with Crippen LogP contribution < -0.4 is 16.6 Å². The Morgan fingerprint density at radius 2 is 2.06 bits per heavy atom. The molecule has 1 heterocycles. The minimum absolute atomic E-state index is 0.219. The van der Waals surface area contributed by atoms with E-state index >= 15 is 0 Å². The molecule has 0 saturated heterocycles. The molecule has 0 fully saturated rings. The van der Waals surface area contributed by atoms with E-state index in [0.29, 0.717) is 6.21 Å². The van der Waals surface area contributed by atoms with Gasteiger partial charge in [0, 0.05) is 13.3 Å². The Balaban J connectivity index is 3.24. The van der Waals surface area contributed by atoms with E-state index in [2.05, 4.69) is 0 Å². The predicted octanol–water partition coefficient (Wildman–Crippen LogP) is 0.0455. The number of hydrogen-bond acceptors (Lipinski definition) is 4. The lowest BCUT2D eigenvalue weighted by Crippen LogP contribution is -2.35. The molecule has 0 aliphatic carbocycles. The maximum Gasteiger partial charge on any atom is 0.405 e. The number of nitrogens with one attached hydrogen (secondary N) is 3. The summed E-state index contributed by atoms with van der Waals surface area (Å²) in [6, 6.07) is 0. The topological polar surface area (TPSA) is 90.7 Å². The second-order valence-electron chi connectivity index (χ2n) is 3.19. The van der Waals surface area contributed by atoms with Crippen molar-refractivity contribution in [3.8, 4) is 0 Å². The Morgan fingerprint density at radius 3 is 2.53 bits per heavy atom. The molecule has 3 N–H and O–H groups in total. The predicted molar refractivity (Wildman–Crippen MR) is 54.7 cm³/mol. The molecular formula is C8H9F3N4O2. The number of aromatic amines is 1. The summed E-state index contributed by atoms with van der Waals surface area (Å²) in [4.78, 5) is 24.3. The Morgan fingerprint density at radius 1 is 1.47 bits per heavy atom. The van der Waals surface area contributed by atoms with Crippen molar-refractivity contribution in [2.24, 2.45) is 7.05 Å². The van der Waals surface area contributed by atoms with E-state index < -0.39 is 29.7 Å². The number of nitrogens with zero attached hydrogens (tertiary/aromatic N) is 1. The summed E-state index contributed by atoms with van der Waals surface area (Å²) < 4.78 is 36.8. The molecule has 0 aliphatic heterocycles. The maximum atomic E-state index is 12.0. The van der Waals surface area contributed by atoms with Crippen LogP contribution in [-0.2, 0) is 7.05 Å². The van der Waals surface area contributed by atoms with Crippen LogP contribution in [0.15, 0.2) is 9.59 Å². The largest absolute Gasteiger partial charge is 0.405 e. The van der Waals surface area contributed by atoms with Crippen LogP contribution in [0.1, 0.15) is 5.69 Å². The van der Waals surface area contributed by atoms with Gasteiger partial charge in [-0.05, 0) is 0 Å². The molecule has 0 bridgehead atoms.